The SMILES string of the molecule is CC1(c2ccccc2)NC(=O)N(NC(=O)CSc2nc3ccccc3n2-c2ccccc2)C1=O. The van der Waals surface area contributed by atoms with Gasteiger partial charge in [-0.1, -0.05) is 72.4 Å². The molecule has 1 aromatic heterocycles. The molecule has 3 aromatic carbocycles. The number of hydrogen-bond acceptors (Lipinski definition) is 5. The number of amides is 4. The highest BCUT2D eigenvalue weighted by atomic mass is 32.2. The number of nitrogens with one attached hydrogen (secondary N) is 2. The number of thioether (sulfide) groups is 1. The van der Waals surface area contributed by atoms with E-state index < -0.39 is 23.4 Å². The lowest BCUT2D eigenvalue weighted by Crippen LogP contribution is -2.48. The molecular formula is C25H21N5O3S. The normalized spacial score (nSPS) is 17.7. The third kappa shape index (κ3) is 3.80. The van der Waals surface area contributed by atoms with Gasteiger partial charge in [0.25, 0.3) is 5.91 Å². The molecule has 0 saturated carbocycles. The average Bonchev–Trinajstić information content (AvgIpc) is 3.34. The molecule has 0 radical (unpaired) electrons. The van der Waals surface area contributed by atoms with Gasteiger partial charge in [-0.25, -0.2) is 9.78 Å². The summed E-state index contributed by atoms with van der Waals surface area (Å²) in [4.78, 5) is 42.9. The summed E-state index contributed by atoms with van der Waals surface area (Å²) in [5.41, 5.74) is 4.48. The van der Waals surface area contributed by atoms with E-state index in [1.807, 2.05) is 65.2 Å². The first-order chi connectivity index (χ1) is 16.5. The Labute approximate surface area is 199 Å². The third-order valence-corrected chi connectivity index (χ3v) is 6.59. The highest BCUT2D eigenvalue weighted by Gasteiger charge is 2.49. The Balaban J connectivity index is 1.33. The second-order valence-corrected chi connectivity index (χ2v) is 8.88. The van der Waals surface area contributed by atoms with Gasteiger partial charge in [-0.3, -0.25) is 19.6 Å². The van der Waals surface area contributed by atoms with Crippen LogP contribution in [-0.2, 0) is 15.1 Å². The van der Waals surface area contributed by atoms with Gasteiger partial charge in [0.1, 0.15) is 5.54 Å². The van der Waals surface area contributed by atoms with Gasteiger partial charge in [0.2, 0.25) is 5.91 Å². The van der Waals surface area contributed by atoms with E-state index in [0.717, 1.165) is 21.7 Å². The van der Waals surface area contributed by atoms with Crippen LogP contribution in [-0.4, -0.2) is 38.2 Å². The van der Waals surface area contributed by atoms with Crippen molar-refractivity contribution in [2.45, 2.75) is 17.6 Å². The van der Waals surface area contributed by atoms with Crippen LogP contribution >= 0.6 is 11.8 Å². The molecule has 1 atom stereocenters. The van der Waals surface area contributed by atoms with Crippen molar-refractivity contribution in [2.75, 3.05) is 5.75 Å². The largest absolute Gasteiger partial charge is 0.344 e. The van der Waals surface area contributed by atoms with Crippen LogP contribution in [0, 0.1) is 0 Å². The number of aromatic nitrogens is 2. The van der Waals surface area contributed by atoms with Crippen molar-refractivity contribution in [3.05, 3.63) is 90.5 Å². The number of hydrogen-bond donors (Lipinski definition) is 2. The number of hydrazine groups is 1. The Bertz CT molecular complexity index is 1390. The summed E-state index contributed by atoms with van der Waals surface area (Å²) in [6.45, 7) is 1.62. The summed E-state index contributed by atoms with van der Waals surface area (Å²) in [6, 6.07) is 25.7. The molecule has 4 amide bonds. The number of urea groups is 1. The molecule has 0 aliphatic carbocycles. The zero-order valence-electron chi connectivity index (χ0n) is 18.3. The van der Waals surface area contributed by atoms with Gasteiger partial charge in [0.15, 0.2) is 5.16 Å². The average molecular weight is 472 g/mol. The first-order valence-corrected chi connectivity index (χ1v) is 11.6. The van der Waals surface area contributed by atoms with E-state index in [1.54, 1.807) is 31.2 Å². The van der Waals surface area contributed by atoms with Gasteiger partial charge in [-0.2, -0.15) is 5.01 Å². The topological polar surface area (TPSA) is 96.3 Å². The van der Waals surface area contributed by atoms with Crippen molar-refractivity contribution in [1.29, 1.82) is 0 Å². The van der Waals surface area contributed by atoms with Crippen LogP contribution in [0.3, 0.4) is 0 Å². The standard InChI is InChI=1S/C25H21N5O3S/c1-25(17-10-4-2-5-11-17)22(32)30(23(33)27-25)28-21(31)16-34-24-26-19-14-8-9-15-20(19)29(24)18-12-6-3-7-13-18/h2-15H,16H2,1H3,(H,27,33)(H,28,31). The van der Waals surface area contributed by atoms with E-state index in [1.165, 1.54) is 11.8 Å². The van der Waals surface area contributed by atoms with Crippen molar-refractivity contribution >= 4 is 40.6 Å². The smallest absolute Gasteiger partial charge is 0.318 e. The Kier molecular flexibility index (Phi) is 5.54. The predicted octanol–water partition coefficient (Wildman–Crippen LogP) is 3.62. The molecule has 0 spiro atoms. The Morgan fingerprint density at radius 1 is 0.971 bits per heavy atom. The molecule has 1 aliphatic heterocycles. The summed E-state index contributed by atoms with van der Waals surface area (Å²) in [6.07, 6.45) is 0. The van der Waals surface area contributed by atoms with Crippen LogP contribution in [0.2, 0.25) is 0 Å². The lowest BCUT2D eigenvalue weighted by molar-refractivity contribution is -0.138. The number of fused-ring (bicyclic) bond motifs is 1. The molecule has 9 heteroatoms. The molecule has 1 aliphatic rings. The van der Waals surface area contributed by atoms with Crippen molar-refractivity contribution < 1.29 is 14.4 Å². The van der Waals surface area contributed by atoms with E-state index in [2.05, 4.69) is 15.7 Å². The van der Waals surface area contributed by atoms with Gasteiger partial charge < -0.3 is 5.32 Å². The second kappa shape index (κ2) is 8.68. The van der Waals surface area contributed by atoms with Crippen molar-refractivity contribution in [3.63, 3.8) is 0 Å². The minimum Gasteiger partial charge on any atom is -0.318 e. The Morgan fingerprint density at radius 3 is 2.35 bits per heavy atom. The van der Waals surface area contributed by atoms with Gasteiger partial charge in [0, 0.05) is 5.69 Å². The molecule has 170 valence electrons. The first kappa shape index (κ1) is 21.7. The van der Waals surface area contributed by atoms with Crippen LogP contribution < -0.4 is 10.7 Å². The summed E-state index contributed by atoms with van der Waals surface area (Å²) in [5.74, 6) is -1.06. The minimum absolute atomic E-state index is 0.0325. The number of imide groups is 1. The number of para-hydroxylation sites is 3. The van der Waals surface area contributed by atoms with Gasteiger partial charge in [0.05, 0.1) is 16.8 Å². The number of carbonyl (C=O) groups is 3. The highest BCUT2D eigenvalue weighted by Crippen LogP contribution is 2.29. The Hall–Kier alpha value is -4.11. The van der Waals surface area contributed by atoms with Crippen LogP contribution in [0.15, 0.2) is 90.1 Å². The molecular weight excluding hydrogens is 450 g/mol. The van der Waals surface area contributed by atoms with Crippen LogP contribution in [0.4, 0.5) is 4.79 Å². The quantitative estimate of drug-likeness (QED) is 0.331. The van der Waals surface area contributed by atoms with E-state index in [0.29, 0.717) is 10.7 Å². The molecule has 1 unspecified atom stereocenters. The van der Waals surface area contributed by atoms with Crippen LogP contribution in [0.5, 0.6) is 0 Å². The zero-order chi connectivity index (χ0) is 23.7. The summed E-state index contributed by atoms with van der Waals surface area (Å²) < 4.78 is 1.98. The summed E-state index contributed by atoms with van der Waals surface area (Å²) in [5, 5.41) is 4.05. The molecule has 4 aromatic rings. The number of benzene rings is 3. The maximum atomic E-state index is 13.0. The lowest BCUT2D eigenvalue weighted by atomic mass is 9.92. The van der Waals surface area contributed by atoms with E-state index in [4.69, 9.17) is 0 Å². The maximum Gasteiger partial charge on any atom is 0.344 e. The fourth-order valence-corrected chi connectivity index (χ4v) is 4.74. The summed E-state index contributed by atoms with van der Waals surface area (Å²) >= 11 is 1.23. The second-order valence-electron chi connectivity index (χ2n) is 7.94. The monoisotopic (exact) mass is 471 g/mol. The number of rotatable bonds is 6. The number of nitrogens with zero attached hydrogens (tertiary/aromatic N) is 3. The van der Waals surface area contributed by atoms with Crippen LogP contribution in [0.1, 0.15) is 12.5 Å². The molecule has 1 saturated heterocycles. The fourth-order valence-electron chi connectivity index (χ4n) is 3.92. The van der Waals surface area contributed by atoms with E-state index >= 15 is 0 Å². The minimum atomic E-state index is -1.25. The predicted molar refractivity (Wildman–Crippen MR) is 129 cm³/mol. The van der Waals surface area contributed by atoms with Gasteiger partial charge in [-0.05, 0) is 36.8 Å². The molecule has 0 bridgehead atoms. The van der Waals surface area contributed by atoms with E-state index in [-0.39, 0.29) is 5.75 Å². The first-order valence-electron chi connectivity index (χ1n) is 10.6. The van der Waals surface area contributed by atoms with Crippen molar-refractivity contribution in [1.82, 2.24) is 25.3 Å². The highest BCUT2D eigenvalue weighted by molar-refractivity contribution is 7.99. The maximum absolute atomic E-state index is 13.0. The molecule has 1 fully saturated rings. The van der Waals surface area contributed by atoms with Gasteiger partial charge in [-0.15, -0.1) is 0 Å². The third-order valence-electron chi connectivity index (χ3n) is 5.66. The molecule has 5 rings (SSSR count). The van der Waals surface area contributed by atoms with Crippen molar-refractivity contribution in [3.8, 4) is 5.69 Å². The molecule has 2 N–H and O–H groups in total. The van der Waals surface area contributed by atoms with Crippen molar-refractivity contribution in [2.24, 2.45) is 0 Å². The zero-order valence-corrected chi connectivity index (χ0v) is 19.1. The number of carbonyl (C=O) groups excluding carboxylic acids is 3. The molecule has 34 heavy (non-hydrogen) atoms. The lowest BCUT2D eigenvalue weighted by Gasteiger charge is -2.22. The van der Waals surface area contributed by atoms with Gasteiger partial charge >= 0.3 is 6.03 Å². The molecule has 8 nitrogen and oxygen atoms in total. The fraction of sp³-hybridized carbons (Fsp3) is 0.120. The molecule has 2 heterocycles. The Morgan fingerprint density at radius 2 is 1.62 bits per heavy atom. The number of imidazole rings is 1. The summed E-state index contributed by atoms with van der Waals surface area (Å²) in [7, 11) is 0. The van der Waals surface area contributed by atoms with Crippen LogP contribution in [0.25, 0.3) is 16.7 Å². The van der Waals surface area contributed by atoms with E-state index in [9.17, 15) is 14.4 Å².